The summed E-state index contributed by atoms with van der Waals surface area (Å²) in [6.07, 6.45) is 0.842. The van der Waals surface area contributed by atoms with E-state index in [9.17, 15) is 19.2 Å². The van der Waals surface area contributed by atoms with Gasteiger partial charge in [0, 0.05) is 17.5 Å². The van der Waals surface area contributed by atoms with Crippen molar-refractivity contribution < 1.29 is 14.3 Å². The van der Waals surface area contributed by atoms with E-state index in [0.717, 1.165) is 22.4 Å². The van der Waals surface area contributed by atoms with Crippen molar-refractivity contribution in [2.24, 2.45) is 0 Å². The molecule has 10 heteroatoms. The molecule has 0 saturated carbocycles. The van der Waals surface area contributed by atoms with E-state index < -0.39 is 11.8 Å². The largest absolute Gasteiger partial charge is 0.450 e. The minimum Gasteiger partial charge on any atom is -0.450 e. The van der Waals surface area contributed by atoms with Crippen LogP contribution in [0.3, 0.4) is 0 Å². The zero-order valence-corrected chi connectivity index (χ0v) is 21.0. The number of fused-ring (bicyclic) bond motifs is 3. The number of nitrogens with one attached hydrogen (secondary N) is 1. The summed E-state index contributed by atoms with van der Waals surface area (Å²) < 4.78 is 7.75. The van der Waals surface area contributed by atoms with Gasteiger partial charge in [0.05, 0.1) is 25.1 Å². The lowest BCUT2D eigenvalue weighted by Crippen LogP contribution is -2.43. The van der Waals surface area contributed by atoms with Gasteiger partial charge in [0.2, 0.25) is 5.91 Å². The molecular weight excluding hydrogens is 468 g/mol. The highest BCUT2D eigenvalue weighted by Crippen LogP contribution is 2.33. The molecule has 0 aliphatic carbocycles. The van der Waals surface area contributed by atoms with Crippen molar-refractivity contribution in [3.8, 4) is 0 Å². The van der Waals surface area contributed by atoms with Crippen LogP contribution in [-0.4, -0.2) is 45.2 Å². The number of amides is 2. The van der Waals surface area contributed by atoms with Gasteiger partial charge in [-0.3, -0.25) is 18.7 Å². The first-order valence-electron chi connectivity index (χ1n) is 11.9. The Morgan fingerprint density at radius 1 is 1.14 bits per heavy atom. The number of carbonyl (C=O) groups excluding carboxylic acids is 2. The van der Waals surface area contributed by atoms with Crippen molar-refractivity contribution in [2.45, 2.75) is 59.3 Å². The zero-order chi connectivity index (χ0) is 25.1. The van der Waals surface area contributed by atoms with Gasteiger partial charge in [-0.1, -0.05) is 37.3 Å². The first-order chi connectivity index (χ1) is 16.8. The van der Waals surface area contributed by atoms with E-state index in [1.165, 1.54) is 20.5 Å². The molecule has 0 saturated heterocycles. The highest BCUT2D eigenvalue weighted by molar-refractivity contribution is 7.18. The van der Waals surface area contributed by atoms with Crippen LogP contribution in [0.5, 0.6) is 0 Å². The Morgan fingerprint density at radius 2 is 1.89 bits per heavy atom. The molecule has 0 unspecified atom stereocenters. The van der Waals surface area contributed by atoms with Crippen LogP contribution in [0, 0.1) is 0 Å². The summed E-state index contributed by atoms with van der Waals surface area (Å²) in [6, 6.07) is 9.27. The van der Waals surface area contributed by atoms with E-state index in [4.69, 9.17) is 4.74 Å². The summed E-state index contributed by atoms with van der Waals surface area (Å²) in [7, 11) is 0. The quantitative estimate of drug-likeness (QED) is 0.540. The minimum absolute atomic E-state index is 0.0291. The maximum atomic E-state index is 13.6. The maximum Gasteiger partial charge on any atom is 0.410 e. The van der Waals surface area contributed by atoms with Crippen LogP contribution in [0.15, 0.2) is 39.9 Å². The third-order valence-corrected chi connectivity index (χ3v) is 7.48. The summed E-state index contributed by atoms with van der Waals surface area (Å²) in [5.74, 6) is -0.285. The average molecular weight is 499 g/mol. The average Bonchev–Trinajstić information content (AvgIpc) is 3.24. The SMILES string of the molecule is CCOC(=O)N1CCc2c(sc3c2c(=O)n(Cc2ccccc2)c(=O)n3CC(=O)N[C@H](C)CC)C1. The van der Waals surface area contributed by atoms with Gasteiger partial charge < -0.3 is 15.0 Å². The highest BCUT2D eigenvalue weighted by atomic mass is 32.1. The second kappa shape index (κ2) is 10.5. The topological polar surface area (TPSA) is 103 Å². The van der Waals surface area contributed by atoms with Crippen molar-refractivity contribution in [3.63, 3.8) is 0 Å². The van der Waals surface area contributed by atoms with E-state index in [1.54, 1.807) is 11.8 Å². The lowest BCUT2D eigenvalue weighted by Gasteiger charge is -2.25. The number of thiophene rings is 1. The van der Waals surface area contributed by atoms with Crippen LogP contribution < -0.4 is 16.6 Å². The van der Waals surface area contributed by atoms with Crippen LogP contribution in [0.2, 0.25) is 0 Å². The molecule has 9 nitrogen and oxygen atoms in total. The molecule has 1 aliphatic rings. The normalized spacial score (nSPS) is 14.0. The molecule has 1 atom stereocenters. The molecule has 0 fully saturated rings. The number of ether oxygens (including phenoxy) is 1. The Balaban J connectivity index is 1.84. The van der Waals surface area contributed by atoms with E-state index >= 15 is 0 Å². The molecule has 186 valence electrons. The molecule has 1 aromatic carbocycles. The summed E-state index contributed by atoms with van der Waals surface area (Å²) >= 11 is 1.30. The van der Waals surface area contributed by atoms with Gasteiger partial charge in [-0.25, -0.2) is 9.59 Å². The Bertz CT molecular complexity index is 1360. The third kappa shape index (κ3) is 5.02. The van der Waals surface area contributed by atoms with Crippen LogP contribution in [0.4, 0.5) is 4.79 Å². The predicted molar refractivity (Wildman–Crippen MR) is 135 cm³/mol. The number of hydrogen-bond donors (Lipinski definition) is 1. The molecule has 35 heavy (non-hydrogen) atoms. The number of nitrogens with zero attached hydrogens (tertiary/aromatic N) is 3. The van der Waals surface area contributed by atoms with Crippen molar-refractivity contribution in [3.05, 3.63) is 67.2 Å². The number of hydrogen-bond acceptors (Lipinski definition) is 6. The number of benzene rings is 1. The Morgan fingerprint density at radius 3 is 2.57 bits per heavy atom. The highest BCUT2D eigenvalue weighted by Gasteiger charge is 2.29. The summed E-state index contributed by atoms with van der Waals surface area (Å²) in [6.45, 7) is 6.56. The monoisotopic (exact) mass is 498 g/mol. The molecule has 1 aliphatic heterocycles. The van der Waals surface area contributed by atoms with E-state index in [0.29, 0.717) is 29.7 Å². The molecule has 2 amide bonds. The summed E-state index contributed by atoms with van der Waals surface area (Å²) in [5.41, 5.74) is 0.772. The zero-order valence-electron chi connectivity index (χ0n) is 20.2. The molecule has 0 bridgehead atoms. The van der Waals surface area contributed by atoms with Gasteiger partial charge in [-0.15, -0.1) is 11.3 Å². The van der Waals surface area contributed by atoms with E-state index in [-0.39, 0.29) is 37.2 Å². The van der Waals surface area contributed by atoms with Crippen molar-refractivity contribution in [1.29, 1.82) is 0 Å². The molecule has 1 N–H and O–H groups in total. The van der Waals surface area contributed by atoms with Crippen molar-refractivity contribution in [2.75, 3.05) is 13.2 Å². The minimum atomic E-state index is -0.522. The number of aromatic nitrogens is 2. The molecular formula is C25H30N4O5S. The predicted octanol–water partition coefficient (Wildman–Crippen LogP) is 2.70. The fraction of sp³-hybridized carbons (Fsp3) is 0.440. The molecule has 3 aromatic rings. The van der Waals surface area contributed by atoms with E-state index in [2.05, 4.69) is 5.32 Å². The van der Waals surface area contributed by atoms with Crippen LogP contribution >= 0.6 is 11.3 Å². The number of carbonyl (C=O) groups is 2. The molecule has 0 spiro atoms. The Kier molecular flexibility index (Phi) is 7.39. The fourth-order valence-electron chi connectivity index (χ4n) is 4.24. The van der Waals surface area contributed by atoms with E-state index in [1.807, 2.05) is 44.2 Å². The van der Waals surface area contributed by atoms with Gasteiger partial charge in [0.15, 0.2) is 0 Å². The molecule has 2 aromatic heterocycles. The standard InChI is InChI=1S/C25H30N4O5S/c1-4-16(3)26-20(30)15-29-23-21(18-11-12-27(14-19(18)35-23)25(33)34-5-2)22(31)28(24(29)32)13-17-9-7-6-8-10-17/h6-10,16H,4-5,11-15H2,1-3H3,(H,26,30)/t16-/m1/s1. The van der Waals surface area contributed by atoms with Gasteiger partial charge in [0.25, 0.3) is 5.56 Å². The summed E-state index contributed by atoms with van der Waals surface area (Å²) in [5, 5.41) is 3.36. The van der Waals surface area contributed by atoms with Gasteiger partial charge >= 0.3 is 11.8 Å². The lowest BCUT2D eigenvalue weighted by molar-refractivity contribution is -0.122. The Labute approximate surface area is 206 Å². The van der Waals surface area contributed by atoms with Crippen LogP contribution in [-0.2, 0) is 35.6 Å². The third-order valence-electron chi connectivity index (χ3n) is 6.24. The second-order valence-electron chi connectivity index (χ2n) is 8.68. The molecule has 3 heterocycles. The Hall–Kier alpha value is -3.40. The summed E-state index contributed by atoms with van der Waals surface area (Å²) in [4.78, 5) is 55.1. The maximum absolute atomic E-state index is 13.6. The first-order valence-corrected chi connectivity index (χ1v) is 12.7. The molecule has 0 radical (unpaired) electrons. The fourth-order valence-corrected chi connectivity index (χ4v) is 5.58. The van der Waals surface area contributed by atoms with Gasteiger partial charge in [-0.2, -0.15) is 0 Å². The van der Waals surface area contributed by atoms with Crippen molar-refractivity contribution in [1.82, 2.24) is 19.4 Å². The first kappa shape index (κ1) is 24.7. The smallest absolute Gasteiger partial charge is 0.410 e. The van der Waals surface area contributed by atoms with Crippen LogP contribution in [0.1, 0.15) is 43.2 Å². The number of rotatable bonds is 7. The molecule has 4 rings (SSSR count). The van der Waals surface area contributed by atoms with Gasteiger partial charge in [0.1, 0.15) is 11.4 Å². The van der Waals surface area contributed by atoms with Crippen molar-refractivity contribution >= 4 is 33.6 Å². The second-order valence-corrected chi connectivity index (χ2v) is 9.76. The van der Waals surface area contributed by atoms with Gasteiger partial charge in [-0.05, 0) is 37.8 Å². The lowest BCUT2D eigenvalue weighted by atomic mass is 10.1. The van der Waals surface area contributed by atoms with Crippen LogP contribution in [0.25, 0.3) is 10.2 Å².